The predicted molar refractivity (Wildman–Crippen MR) is 64.9 cm³/mol. The Hall–Kier alpha value is -1.81. The zero-order valence-corrected chi connectivity index (χ0v) is 9.04. The van der Waals surface area contributed by atoms with E-state index < -0.39 is 5.69 Å². The third-order valence-corrected chi connectivity index (χ3v) is 2.34. The topological polar surface area (TPSA) is 65.7 Å². The number of hydrogen-bond donors (Lipinski definition) is 2. The second-order valence-corrected chi connectivity index (χ2v) is 3.58. The third kappa shape index (κ3) is 2.06. The minimum atomic E-state index is -0.499. The highest BCUT2D eigenvalue weighted by molar-refractivity contribution is 6.19. The van der Waals surface area contributed by atoms with Gasteiger partial charge in [0, 0.05) is 5.88 Å². The number of halogens is 1. The maximum atomic E-state index is 11.5. The SMILES string of the molecule is O=c1[nH]c(=O)c2cc(C=CCCl)ccc2[nH]1. The fourth-order valence-electron chi connectivity index (χ4n) is 1.47. The van der Waals surface area contributed by atoms with E-state index in [9.17, 15) is 9.59 Å². The highest BCUT2D eigenvalue weighted by Crippen LogP contribution is 2.10. The van der Waals surface area contributed by atoms with Gasteiger partial charge in [-0.1, -0.05) is 18.2 Å². The molecule has 0 bridgehead atoms. The number of alkyl halides is 1. The molecule has 0 unspecified atom stereocenters. The summed E-state index contributed by atoms with van der Waals surface area (Å²) in [6.07, 6.45) is 3.60. The van der Waals surface area contributed by atoms with E-state index in [1.165, 1.54) is 0 Å². The van der Waals surface area contributed by atoms with Gasteiger partial charge in [0.15, 0.2) is 0 Å². The molecular formula is C11H9ClN2O2. The molecule has 0 fully saturated rings. The molecule has 0 aliphatic heterocycles. The first-order chi connectivity index (χ1) is 7.70. The van der Waals surface area contributed by atoms with Crippen molar-refractivity contribution in [3.8, 4) is 0 Å². The van der Waals surface area contributed by atoms with Crippen LogP contribution in [0.2, 0.25) is 0 Å². The minimum Gasteiger partial charge on any atom is -0.307 e. The molecule has 0 radical (unpaired) electrons. The van der Waals surface area contributed by atoms with Crippen LogP contribution in [-0.2, 0) is 0 Å². The molecule has 2 aromatic rings. The average Bonchev–Trinajstić information content (AvgIpc) is 2.26. The summed E-state index contributed by atoms with van der Waals surface area (Å²) < 4.78 is 0. The van der Waals surface area contributed by atoms with E-state index in [1.807, 2.05) is 6.08 Å². The van der Waals surface area contributed by atoms with Gasteiger partial charge in [0.2, 0.25) is 0 Å². The molecule has 1 heterocycles. The van der Waals surface area contributed by atoms with Gasteiger partial charge in [-0.05, 0) is 17.7 Å². The van der Waals surface area contributed by atoms with Crippen LogP contribution < -0.4 is 11.2 Å². The van der Waals surface area contributed by atoms with Crippen molar-refractivity contribution in [2.75, 3.05) is 5.88 Å². The Labute approximate surface area is 95.6 Å². The number of benzene rings is 1. The largest absolute Gasteiger partial charge is 0.326 e. The average molecular weight is 237 g/mol. The second-order valence-electron chi connectivity index (χ2n) is 3.27. The van der Waals surface area contributed by atoms with Crippen LogP contribution in [0.4, 0.5) is 0 Å². The van der Waals surface area contributed by atoms with Crippen molar-refractivity contribution in [1.29, 1.82) is 0 Å². The lowest BCUT2D eigenvalue weighted by Crippen LogP contribution is -2.21. The molecule has 4 nitrogen and oxygen atoms in total. The van der Waals surface area contributed by atoms with Gasteiger partial charge in [0.05, 0.1) is 10.9 Å². The molecule has 0 aliphatic carbocycles. The van der Waals surface area contributed by atoms with Crippen molar-refractivity contribution < 1.29 is 0 Å². The Bertz CT molecular complexity index is 655. The van der Waals surface area contributed by atoms with Crippen molar-refractivity contribution in [2.45, 2.75) is 0 Å². The highest BCUT2D eigenvalue weighted by atomic mass is 35.5. The van der Waals surface area contributed by atoms with Gasteiger partial charge in [-0.2, -0.15) is 0 Å². The lowest BCUT2D eigenvalue weighted by atomic mass is 10.1. The van der Waals surface area contributed by atoms with Gasteiger partial charge < -0.3 is 4.98 Å². The molecule has 0 spiro atoms. The maximum absolute atomic E-state index is 11.5. The van der Waals surface area contributed by atoms with Crippen molar-refractivity contribution in [1.82, 2.24) is 9.97 Å². The molecule has 16 heavy (non-hydrogen) atoms. The Morgan fingerprint density at radius 3 is 2.81 bits per heavy atom. The second kappa shape index (κ2) is 4.37. The van der Waals surface area contributed by atoms with Crippen LogP contribution in [0.3, 0.4) is 0 Å². The first-order valence-corrected chi connectivity index (χ1v) is 5.23. The molecule has 1 aromatic heterocycles. The molecule has 2 rings (SSSR count). The van der Waals surface area contributed by atoms with Gasteiger partial charge >= 0.3 is 5.69 Å². The summed E-state index contributed by atoms with van der Waals surface area (Å²) in [6, 6.07) is 5.20. The number of rotatable bonds is 2. The van der Waals surface area contributed by atoms with Crippen LogP contribution in [0.15, 0.2) is 33.9 Å². The van der Waals surface area contributed by atoms with E-state index >= 15 is 0 Å². The molecule has 1 aromatic carbocycles. The first kappa shape index (κ1) is 10.7. The summed E-state index contributed by atoms with van der Waals surface area (Å²) in [6.45, 7) is 0. The molecular weight excluding hydrogens is 228 g/mol. The van der Waals surface area contributed by atoms with E-state index in [4.69, 9.17) is 11.6 Å². The lowest BCUT2D eigenvalue weighted by molar-refractivity contribution is 1.08. The van der Waals surface area contributed by atoms with Crippen LogP contribution in [0.25, 0.3) is 17.0 Å². The number of aromatic nitrogens is 2. The van der Waals surface area contributed by atoms with Crippen molar-refractivity contribution >= 4 is 28.6 Å². The molecule has 82 valence electrons. The standard InChI is InChI=1S/C11H9ClN2O2/c12-5-1-2-7-3-4-9-8(6-7)10(15)14-11(16)13-9/h1-4,6H,5H2,(H2,13,14,15,16). The highest BCUT2D eigenvalue weighted by Gasteiger charge is 2.00. The Kier molecular flexibility index (Phi) is 2.92. The monoisotopic (exact) mass is 236 g/mol. The van der Waals surface area contributed by atoms with Gasteiger partial charge in [-0.25, -0.2) is 4.79 Å². The molecule has 0 saturated carbocycles. The van der Waals surface area contributed by atoms with Crippen molar-refractivity contribution in [3.05, 3.63) is 50.7 Å². The number of allylic oxidation sites excluding steroid dienone is 1. The first-order valence-electron chi connectivity index (χ1n) is 4.69. The number of nitrogens with one attached hydrogen (secondary N) is 2. The number of fused-ring (bicyclic) bond motifs is 1. The van der Waals surface area contributed by atoms with E-state index in [0.29, 0.717) is 16.8 Å². The van der Waals surface area contributed by atoms with Crippen LogP contribution in [0.5, 0.6) is 0 Å². The Morgan fingerprint density at radius 2 is 2.06 bits per heavy atom. The van der Waals surface area contributed by atoms with E-state index in [2.05, 4.69) is 9.97 Å². The lowest BCUT2D eigenvalue weighted by Gasteiger charge is -1.97. The molecule has 0 aliphatic rings. The van der Waals surface area contributed by atoms with E-state index in [-0.39, 0.29) is 5.56 Å². The molecule has 5 heteroatoms. The van der Waals surface area contributed by atoms with Gasteiger partial charge in [-0.15, -0.1) is 11.6 Å². The van der Waals surface area contributed by atoms with Gasteiger partial charge in [-0.3, -0.25) is 9.78 Å². The van der Waals surface area contributed by atoms with Crippen LogP contribution in [0.1, 0.15) is 5.56 Å². The third-order valence-electron chi connectivity index (χ3n) is 2.16. The summed E-state index contributed by atoms with van der Waals surface area (Å²) in [5, 5.41) is 0.455. The summed E-state index contributed by atoms with van der Waals surface area (Å²) in [7, 11) is 0. The number of aromatic amines is 2. The van der Waals surface area contributed by atoms with Crippen LogP contribution in [-0.4, -0.2) is 15.8 Å². The summed E-state index contributed by atoms with van der Waals surface area (Å²) in [5.41, 5.74) is 0.504. The van der Waals surface area contributed by atoms with Crippen molar-refractivity contribution in [3.63, 3.8) is 0 Å². The fraction of sp³-hybridized carbons (Fsp3) is 0.0909. The maximum Gasteiger partial charge on any atom is 0.326 e. The zero-order valence-electron chi connectivity index (χ0n) is 8.29. The molecule has 0 amide bonds. The summed E-state index contributed by atoms with van der Waals surface area (Å²) >= 11 is 5.52. The minimum absolute atomic E-state index is 0.389. The summed E-state index contributed by atoms with van der Waals surface area (Å²) in [4.78, 5) is 27.3. The number of hydrogen-bond acceptors (Lipinski definition) is 2. The molecule has 2 N–H and O–H groups in total. The molecule has 0 saturated heterocycles. The normalized spacial score (nSPS) is 11.3. The quantitative estimate of drug-likeness (QED) is 0.776. The van der Waals surface area contributed by atoms with Crippen LogP contribution in [0, 0.1) is 0 Å². The summed E-state index contributed by atoms with van der Waals surface area (Å²) in [5.74, 6) is 0.417. The van der Waals surface area contributed by atoms with Gasteiger partial charge in [0.1, 0.15) is 0 Å². The smallest absolute Gasteiger partial charge is 0.307 e. The van der Waals surface area contributed by atoms with Crippen molar-refractivity contribution in [2.24, 2.45) is 0 Å². The Balaban J connectivity index is 2.67. The number of H-pyrrole nitrogens is 2. The van der Waals surface area contributed by atoms with E-state index in [1.54, 1.807) is 24.3 Å². The van der Waals surface area contributed by atoms with E-state index in [0.717, 1.165) is 5.56 Å². The Morgan fingerprint density at radius 1 is 1.25 bits per heavy atom. The van der Waals surface area contributed by atoms with Crippen LogP contribution >= 0.6 is 11.6 Å². The van der Waals surface area contributed by atoms with Gasteiger partial charge in [0.25, 0.3) is 5.56 Å². The fourth-order valence-corrected chi connectivity index (χ4v) is 1.56. The zero-order chi connectivity index (χ0) is 11.5. The predicted octanol–water partition coefficient (Wildman–Crippen LogP) is 1.47. The molecule has 0 atom stereocenters.